The molecular formula is C26H25FN4O7S. The number of amides is 1. The number of anilines is 1. The highest BCUT2D eigenvalue weighted by molar-refractivity contribution is 8.00. The minimum atomic E-state index is -1.34. The van der Waals surface area contributed by atoms with Gasteiger partial charge in [-0.25, -0.2) is 9.18 Å². The lowest BCUT2D eigenvalue weighted by atomic mass is 10.1. The maximum Gasteiger partial charge on any atom is 0.342 e. The van der Waals surface area contributed by atoms with Gasteiger partial charge in [-0.2, -0.15) is 0 Å². The number of carboxylic acids is 1. The molecule has 1 aromatic carbocycles. The highest BCUT2D eigenvalue weighted by atomic mass is 32.2. The average molecular weight is 557 g/mol. The Morgan fingerprint density at radius 1 is 1.08 bits per heavy atom. The molecule has 0 spiro atoms. The highest BCUT2D eigenvalue weighted by Crippen LogP contribution is 2.46. The number of thioether (sulfide) groups is 1. The molecule has 5 rings (SSSR count). The van der Waals surface area contributed by atoms with Crippen LogP contribution in [0.15, 0.2) is 44.9 Å². The normalized spacial score (nSPS) is 16.6. The molecule has 204 valence electrons. The van der Waals surface area contributed by atoms with Gasteiger partial charge in [0.2, 0.25) is 11.3 Å². The van der Waals surface area contributed by atoms with E-state index in [1.165, 1.54) is 23.9 Å². The largest absolute Gasteiger partial charge is 0.477 e. The first-order chi connectivity index (χ1) is 18.6. The number of fused-ring (bicyclic) bond motifs is 3. The number of benzene rings is 1. The van der Waals surface area contributed by atoms with E-state index in [4.69, 9.17) is 0 Å². The number of aromatic nitrogens is 2. The van der Waals surface area contributed by atoms with Crippen LogP contribution in [0.4, 0.5) is 10.1 Å². The molecule has 2 aromatic heterocycles. The quantitative estimate of drug-likeness (QED) is 0.332. The SMILES string of the molecule is CC1Sc2c(C(=O)O)c(=O)c3cc(F)c(N4CCN(C(=O)CCCC(=O)c5cccc(=O)n5O)CC4)cc3n21. The van der Waals surface area contributed by atoms with Gasteiger partial charge in [0.05, 0.1) is 21.6 Å². The molecular weight excluding hydrogens is 531 g/mol. The molecule has 1 fully saturated rings. The molecule has 4 heterocycles. The van der Waals surface area contributed by atoms with Crippen molar-refractivity contribution >= 4 is 46.0 Å². The Morgan fingerprint density at radius 2 is 1.79 bits per heavy atom. The van der Waals surface area contributed by atoms with E-state index < -0.39 is 28.6 Å². The van der Waals surface area contributed by atoms with E-state index in [9.17, 15) is 34.3 Å². The van der Waals surface area contributed by atoms with E-state index >= 15 is 4.39 Å². The Bertz CT molecular complexity index is 1640. The zero-order valence-electron chi connectivity index (χ0n) is 20.9. The summed E-state index contributed by atoms with van der Waals surface area (Å²) in [5, 5.41) is 19.5. The van der Waals surface area contributed by atoms with Crippen LogP contribution in [0.3, 0.4) is 0 Å². The van der Waals surface area contributed by atoms with Gasteiger partial charge in [-0.1, -0.05) is 17.8 Å². The number of carbonyl (C=O) groups is 3. The second-order valence-corrected chi connectivity index (χ2v) is 10.7. The molecule has 13 heteroatoms. The molecule has 2 aliphatic rings. The van der Waals surface area contributed by atoms with Gasteiger partial charge >= 0.3 is 5.97 Å². The van der Waals surface area contributed by atoms with Crippen LogP contribution in [0, 0.1) is 5.82 Å². The standard InChI is InChI=1S/C26H25FN4O7S/c1-14-30-18-13-19(16(27)12-15(18)24(35)23(26(36)37)25(30)39-14)28-8-10-29(11-9-28)21(33)6-3-5-20(32)17-4-2-7-22(34)31(17)38/h2,4,7,12-14,38H,3,5-6,8-11H2,1H3,(H,36,37). The summed E-state index contributed by atoms with van der Waals surface area (Å²) in [5.41, 5.74) is -1.16. The Labute approximate surface area is 225 Å². The number of carbonyl (C=O) groups excluding carboxylic acids is 2. The van der Waals surface area contributed by atoms with E-state index in [0.717, 1.165) is 12.1 Å². The number of halogens is 1. The number of nitrogens with zero attached hydrogens (tertiary/aromatic N) is 4. The zero-order chi connectivity index (χ0) is 28.0. The second-order valence-electron chi connectivity index (χ2n) is 9.43. The minimum Gasteiger partial charge on any atom is -0.477 e. The van der Waals surface area contributed by atoms with Gasteiger partial charge in [-0.05, 0) is 31.5 Å². The maximum absolute atomic E-state index is 15.2. The van der Waals surface area contributed by atoms with Gasteiger partial charge in [0, 0.05) is 50.5 Å². The number of pyridine rings is 2. The number of ketones is 1. The first-order valence-corrected chi connectivity index (χ1v) is 13.3. The predicted molar refractivity (Wildman–Crippen MR) is 141 cm³/mol. The molecule has 3 aromatic rings. The zero-order valence-corrected chi connectivity index (χ0v) is 21.7. The lowest BCUT2D eigenvalue weighted by Gasteiger charge is -2.37. The molecule has 11 nitrogen and oxygen atoms in total. The van der Waals surface area contributed by atoms with E-state index in [2.05, 4.69) is 0 Å². The summed E-state index contributed by atoms with van der Waals surface area (Å²) < 4.78 is 17.2. The first kappa shape index (κ1) is 26.5. The molecule has 39 heavy (non-hydrogen) atoms. The molecule has 0 saturated carbocycles. The fourth-order valence-corrected chi connectivity index (χ4v) is 6.20. The van der Waals surface area contributed by atoms with Crippen molar-refractivity contribution in [1.82, 2.24) is 14.2 Å². The van der Waals surface area contributed by atoms with Gasteiger partial charge in [0.25, 0.3) is 5.56 Å². The van der Waals surface area contributed by atoms with Gasteiger partial charge in [-0.15, -0.1) is 4.73 Å². The van der Waals surface area contributed by atoms with Crippen molar-refractivity contribution in [3.63, 3.8) is 0 Å². The van der Waals surface area contributed by atoms with Crippen LogP contribution in [-0.4, -0.2) is 68.3 Å². The van der Waals surface area contributed by atoms with Crippen molar-refractivity contribution in [3.05, 3.63) is 68.0 Å². The number of hydrogen-bond acceptors (Lipinski definition) is 8. The summed E-state index contributed by atoms with van der Waals surface area (Å²) in [4.78, 5) is 64.4. The van der Waals surface area contributed by atoms with Crippen molar-refractivity contribution < 1.29 is 29.1 Å². The lowest BCUT2D eigenvalue weighted by Crippen LogP contribution is -2.49. The number of aromatic carboxylic acids is 1. The van der Waals surface area contributed by atoms with Crippen LogP contribution in [0.25, 0.3) is 10.9 Å². The minimum absolute atomic E-state index is 0.0119. The van der Waals surface area contributed by atoms with Crippen LogP contribution in [0.1, 0.15) is 52.4 Å². The topological polar surface area (TPSA) is 142 Å². The van der Waals surface area contributed by atoms with Crippen molar-refractivity contribution in [2.45, 2.75) is 36.6 Å². The van der Waals surface area contributed by atoms with Crippen LogP contribution in [0.5, 0.6) is 0 Å². The lowest BCUT2D eigenvalue weighted by molar-refractivity contribution is -0.131. The Kier molecular flexibility index (Phi) is 6.93. The molecule has 1 unspecified atom stereocenters. The van der Waals surface area contributed by atoms with E-state index in [1.807, 2.05) is 6.92 Å². The average Bonchev–Trinajstić information content (AvgIpc) is 2.89. The van der Waals surface area contributed by atoms with Gasteiger partial charge in [0.1, 0.15) is 17.1 Å². The number of piperazine rings is 1. The molecule has 0 aliphatic carbocycles. The van der Waals surface area contributed by atoms with Crippen LogP contribution in [-0.2, 0) is 4.79 Å². The van der Waals surface area contributed by atoms with Gasteiger partial charge < -0.3 is 24.7 Å². The summed E-state index contributed by atoms with van der Waals surface area (Å²) in [6, 6.07) is 6.51. The van der Waals surface area contributed by atoms with Crippen LogP contribution >= 0.6 is 11.8 Å². The summed E-state index contributed by atoms with van der Waals surface area (Å²) in [6.45, 7) is 3.24. The van der Waals surface area contributed by atoms with Gasteiger partial charge in [0.15, 0.2) is 5.78 Å². The summed E-state index contributed by atoms with van der Waals surface area (Å²) in [7, 11) is 0. The second kappa shape index (κ2) is 10.2. The maximum atomic E-state index is 15.2. The Morgan fingerprint density at radius 3 is 2.46 bits per heavy atom. The van der Waals surface area contributed by atoms with E-state index in [-0.39, 0.29) is 52.9 Å². The van der Waals surface area contributed by atoms with Crippen LogP contribution in [0.2, 0.25) is 0 Å². The van der Waals surface area contributed by atoms with E-state index in [0.29, 0.717) is 41.5 Å². The van der Waals surface area contributed by atoms with Gasteiger partial charge in [-0.3, -0.25) is 19.2 Å². The fourth-order valence-electron chi connectivity index (χ4n) is 5.04. The number of hydrogen-bond donors (Lipinski definition) is 2. The third-order valence-corrected chi connectivity index (χ3v) is 8.25. The molecule has 2 aliphatic heterocycles. The molecule has 0 bridgehead atoms. The van der Waals surface area contributed by atoms with Crippen molar-refractivity contribution in [2.24, 2.45) is 0 Å². The fraction of sp³-hybridized carbons (Fsp3) is 0.346. The summed E-state index contributed by atoms with van der Waals surface area (Å²) in [6.07, 6.45) is 0.339. The van der Waals surface area contributed by atoms with Crippen molar-refractivity contribution in [2.75, 3.05) is 31.1 Å². The van der Waals surface area contributed by atoms with Crippen LogP contribution < -0.4 is 15.9 Å². The highest BCUT2D eigenvalue weighted by Gasteiger charge is 2.33. The molecule has 1 amide bonds. The summed E-state index contributed by atoms with van der Waals surface area (Å²) in [5.74, 6) is -2.58. The van der Waals surface area contributed by atoms with Crippen molar-refractivity contribution in [1.29, 1.82) is 0 Å². The summed E-state index contributed by atoms with van der Waals surface area (Å²) >= 11 is 1.28. The van der Waals surface area contributed by atoms with E-state index in [1.54, 1.807) is 20.4 Å². The Hall–Kier alpha value is -4.13. The molecule has 1 saturated heterocycles. The third-order valence-electron chi connectivity index (χ3n) is 7.07. The molecule has 0 radical (unpaired) electrons. The molecule has 1 atom stereocenters. The number of Topliss-reactive ketones (excluding diaryl/α,β-unsaturated/α-hetero) is 1. The smallest absolute Gasteiger partial charge is 0.342 e. The number of carboxylic acid groups (broad SMARTS) is 1. The predicted octanol–water partition coefficient (Wildman–Crippen LogP) is 2.56. The monoisotopic (exact) mass is 556 g/mol. The van der Waals surface area contributed by atoms with Crippen molar-refractivity contribution in [3.8, 4) is 0 Å². The third kappa shape index (κ3) is 4.67. The first-order valence-electron chi connectivity index (χ1n) is 12.4. The number of rotatable bonds is 7. The molecule has 2 N–H and O–H groups in total. The Balaban J connectivity index is 1.24.